The van der Waals surface area contributed by atoms with Crippen LogP contribution in [0.4, 0.5) is 18.9 Å². The van der Waals surface area contributed by atoms with E-state index in [1.807, 2.05) is 12.1 Å². The minimum absolute atomic E-state index is 0.353. The van der Waals surface area contributed by atoms with Gasteiger partial charge < -0.3 is 14.8 Å². The number of aromatic nitrogens is 1. The Hall–Kier alpha value is -3.55. The number of benzene rings is 2. The van der Waals surface area contributed by atoms with Crippen molar-refractivity contribution in [1.82, 2.24) is 4.98 Å². The van der Waals surface area contributed by atoms with Crippen LogP contribution in [-0.2, 0) is 17.6 Å². The van der Waals surface area contributed by atoms with Gasteiger partial charge in [-0.1, -0.05) is 18.2 Å². The Morgan fingerprint density at radius 2 is 1.72 bits per heavy atom. The van der Waals surface area contributed by atoms with E-state index in [0.717, 1.165) is 11.6 Å². The Labute approximate surface area is 165 Å². The standard InChI is InChI=1S/C21H17F3N2O3/c22-21(23,24)18-5-1-2-6-19(18)29-14-20(27)26-16-7-9-17(10-8-16)28-13-15-4-3-11-25-12-15/h1-12H,13-14H2,(H,26,27). The lowest BCUT2D eigenvalue weighted by Gasteiger charge is -2.13. The number of rotatable bonds is 7. The van der Waals surface area contributed by atoms with E-state index in [0.29, 0.717) is 18.0 Å². The van der Waals surface area contributed by atoms with Crippen LogP contribution in [0.25, 0.3) is 0 Å². The molecule has 2 aromatic carbocycles. The van der Waals surface area contributed by atoms with Crippen LogP contribution in [-0.4, -0.2) is 17.5 Å². The third-order valence-electron chi connectivity index (χ3n) is 3.82. The predicted octanol–water partition coefficient (Wildman–Crippen LogP) is 4.70. The zero-order valence-electron chi connectivity index (χ0n) is 15.1. The summed E-state index contributed by atoms with van der Waals surface area (Å²) in [5.41, 5.74) is 0.459. The SMILES string of the molecule is O=C(COc1ccccc1C(F)(F)F)Nc1ccc(OCc2cccnc2)cc1. The molecule has 0 unspecified atom stereocenters. The second-order valence-electron chi connectivity index (χ2n) is 6.01. The number of pyridine rings is 1. The van der Waals surface area contributed by atoms with Crippen LogP contribution < -0.4 is 14.8 Å². The van der Waals surface area contributed by atoms with Crippen LogP contribution in [0, 0.1) is 0 Å². The summed E-state index contributed by atoms with van der Waals surface area (Å²) in [5.74, 6) is -0.373. The summed E-state index contributed by atoms with van der Waals surface area (Å²) in [4.78, 5) is 16.0. The monoisotopic (exact) mass is 402 g/mol. The summed E-state index contributed by atoms with van der Waals surface area (Å²) in [6, 6.07) is 15.0. The third kappa shape index (κ3) is 5.97. The van der Waals surface area contributed by atoms with Crippen molar-refractivity contribution in [1.29, 1.82) is 0 Å². The summed E-state index contributed by atoms with van der Waals surface area (Å²) in [5, 5.41) is 2.56. The van der Waals surface area contributed by atoms with Gasteiger partial charge in [0.05, 0.1) is 5.56 Å². The minimum Gasteiger partial charge on any atom is -0.489 e. The lowest BCUT2D eigenvalue weighted by Crippen LogP contribution is -2.21. The van der Waals surface area contributed by atoms with Crippen LogP contribution in [0.1, 0.15) is 11.1 Å². The average Bonchev–Trinajstić information content (AvgIpc) is 2.72. The first-order valence-corrected chi connectivity index (χ1v) is 8.62. The normalized spacial score (nSPS) is 11.0. The number of amides is 1. The molecule has 1 amide bonds. The summed E-state index contributed by atoms with van der Waals surface area (Å²) in [6.07, 6.45) is -1.18. The smallest absolute Gasteiger partial charge is 0.419 e. The number of hydrogen-bond donors (Lipinski definition) is 1. The van der Waals surface area contributed by atoms with Crippen LogP contribution >= 0.6 is 0 Å². The topological polar surface area (TPSA) is 60.5 Å². The number of ether oxygens (including phenoxy) is 2. The molecule has 3 rings (SSSR count). The van der Waals surface area contributed by atoms with Gasteiger partial charge in [0.15, 0.2) is 6.61 Å². The number of para-hydroxylation sites is 1. The lowest BCUT2D eigenvalue weighted by molar-refractivity contribution is -0.139. The number of carbonyl (C=O) groups excluding carboxylic acids is 1. The van der Waals surface area contributed by atoms with Gasteiger partial charge in [-0.3, -0.25) is 9.78 Å². The quantitative estimate of drug-likeness (QED) is 0.623. The van der Waals surface area contributed by atoms with Crippen LogP contribution in [0.2, 0.25) is 0 Å². The van der Waals surface area contributed by atoms with E-state index in [1.54, 1.807) is 36.7 Å². The predicted molar refractivity (Wildman–Crippen MR) is 101 cm³/mol. The molecule has 5 nitrogen and oxygen atoms in total. The molecule has 0 radical (unpaired) electrons. The Kier molecular flexibility index (Phi) is 6.33. The van der Waals surface area contributed by atoms with E-state index in [9.17, 15) is 18.0 Å². The van der Waals surface area contributed by atoms with Crippen molar-refractivity contribution in [2.45, 2.75) is 12.8 Å². The number of anilines is 1. The van der Waals surface area contributed by atoms with E-state index >= 15 is 0 Å². The molecule has 0 saturated heterocycles. The summed E-state index contributed by atoms with van der Waals surface area (Å²) < 4.78 is 49.5. The van der Waals surface area contributed by atoms with Crippen molar-refractivity contribution in [3.63, 3.8) is 0 Å². The van der Waals surface area contributed by atoms with E-state index < -0.39 is 30.0 Å². The second kappa shape index (κ2) is 9.09. The van der Waals surface area contributed by atoms with E-state index in [1.165, 1.54) is 18.2 Å². The number of carbonyl (C=O) groups is 1. The number of halogens is 3. The number of alkyl halides is 3. The van der Waals surface area contributed by atoms with Gasteiger partial charge in [0.1, 0.15) is 18.1 Å². The molecule has 3 aromatic rings. The largest absolute Gasteiger partial charge is 0.489 e. The van der Waals surface area contributed by atoms with Crippen molar-refractivity contribution in [3.05, 3.63) is 84.2 Å². The molecule has 8 heteroatoms. The molecule has 150 valence electrons. The Morgan fingerprint density at radius 1 is 0.966 bits per heavy atom. The molecule has 1 heterocycles. The summed E-state index contributed by atoms with van der Waals surface area (Å²) in [6.45, 7) is -0.196. The highest BCUT2D eigenvalue weighted by Crippen LogP contribution is 2.35. The Balaban J connectivity index is 1.51. The van der Waals surface area contributed by atoms with Gasteiger partial charge in [-0.05, 0) is 42.5 Å². The first-order valence-electron chi connectivity index (χ1n) is 8.62. The summed E-state index contributed by atoms with van der Waals surface area (Å²) >= 11 is 0. The van der Waals surface area contributed by atoms with Crippen molar-refractivity contribution in [2.75, 3.05) is 11.9 Å². The highest BCUT2D eigenvalue weighted by atomic mass is 19.4. The maximum absolute atomic E-state index is 12.9. The van der Waals surface area contributed by atoms with Crippen molar-refractivity contribution in [3.8, 4) is 11.5 Å². The zero-order chi connectivity index (χ0) is 20.7. The lowest BCUT2D eigenvalue weighted by atomic mass is 10.2. The summed E-state index contributed by atoms with van der Waals surface area (Å²) in [7, 11) is 0. The molecule has 0 aliphatic carbocycles. The molecule has 0 spiro atoms. The highest BCUT2D eigenvalue weighted by molar-refractivity contribution is 5.91. The van der Waals surface area contributed by atoms with Gasteiger partial charge in [0.2, 0.25) is 0 Å². The second-order valence-corrected chi connectivity index (χ2v) is 6.01. The molecule has 0 aliphatic heterocycles. The highest BCUT2D eigenvalue weighted by Gasteiger charge is 2.34. The molecule has 1 aromatic heterocycles. The van der Waals surface area contributed by atoms with Crippen LogP contribution in [0.5, 0.6) is 11.5 Å². The Bertz CT molecular complexity index is 945. The van der Waals surface area contributed by atoms with E-state index in [2.05, 4.69) is 10.3 Å². The van der Waals surface area contributed by atoms with E-state index in [-0.39, 0.29) is 0 Å². The fourth-order valence-corrected chi connectivity index (χ4v) is 2.45. The molecule has 0 aliphatic rings. The van der Waals surface area contributed by atoms with Gasteiger partial charge in [-0.15, -0.1) is 0 Å². The molecule has 29 heavy (non-hydrogen) atoms. The fourth-order valence-electron chi connectivity index (χ4n) is 2.45. The molecule has 0 atom stereocenters. The average molecular weight is 402 g/mol. The molecule has 0 bridgehead atoms. The first kappa shape index (κ1) is 20.2. The maximum atomic E-state index is 12.9. The maximum Gasteiger partial charge on any atom is 0.419 e. The van der Waals surface area contributed by atoms with E-state index in [4.69, 9.17) is 9.47 Å². The van der Waals surface area contributed by atoms with Gasteiger partial charge >= 0.3 is 6.18 Å². The molecular weight excluding hydrogens is 385 g/mol. The van der Waals surface area contributed by atoms with Gasteiger partial charge in [0, 0.05) is 23.6 Å². The van der Waals surface area contributed by atoms with Gasteiger partial charge in [0.25, 0.3) is 5.91 Å². The fraction of sp³-hybridized carbons (Fsp3) is 0.143. The van der Waals surface area contributed by atoms with Gasteiger partial charge in [-0.2, -0.15) is 13.2 Å². The number of nitrogens with one attached hydrogen (secondary N) is 1. The number of hydrogen-bond acceptors (Lipinski definition) is 4. The molecule has 0 saturated carbocycles. The Morgan fingerprint density at radius 3 is 2.41 bits per heavy atom. The molecule has 0 fully saturated rings. The van der Waals surface area contributed by atoms with Crippen molar-refractivity contribution >= 4 is 11.6 Å². The van der Waals surface area contributed by atoms with Crippen molar-refractivity contribution in [2.24, 2.45) is 0 Å². The van der Waals surface area contributed by atoms with Crippen molar-refractivity contribution < 1.29 is 27.4 Å². The van der Waals surface area contributed by atoms with Crippen LogP contribution in [0.15, 0.2) is 73.1 Å². The van der Waals surface area contributed by atoms with Gasteiger partial charge in [-0.25, -0.2) is 0 Å². The first-order chi connectivity index (χ1) is 13.9. The number of nitrogens with zero attached hydrogens (tertiary/aromatic N) is 1. The minimum atomic E-state index is -4.56. The third-order valence-corrected chi connectivity index (χ3v) is 3.82. The molecule has 1 N–H and O–H groups in total. The van der Waals surface area contributed by atoms with Crippen LogP contribution in [0.3, 0.4) is 0 Å². The zero-order valence-corrected chi connectivity index (χ0v) is 15.1. The molecular formula is C21H17F3N2O3.